The van der Waals surface area contributed by atoms with Gasteiger partial charge in [-0.15, -0.1) is 0 Å². The molecule has 19 heavy (non-hydrogen) atoms. The Labute approximate surface area is 117 Å². The van der Waals surface area contributed by atoms with Gasteiger partial charge in [0.25, 0.3) is 0 Å². The van der Waals surface area contributed by atoms with Crippen molar-refractivity contribution < 1.29 is 4.74 Å². The zero-order valence-electron chi connectivity index (χ0n) is 11.3. The van der Waals surface area contributed by atoms with Gasteiger partial charge in [0.1, 0.15) is 5.69 Å². The maximum Gasteiger partial charge on any atom is 0.222 e. The number of pyridine rings is 2. The first-order valence-corrected chi connectivity index (χ1v) is 6.56. The molecule has 0 spiro atoms. The molecule has 0 saturated carbocycles. The number of H-pyrrole nitrogens is 1. The molecule has 3 N–H and O–H groups in total. The molecule has 0 amide bonds. The maximum atomic E-state index is 6.01. The van der Waals surface area contributed by atoms with Crippen LogP contribution in [-0.2, 0) is 6.42 Å². The van der Waals surface area contributed by atoms with E-state index in [0.717, 1.165) is 23.4 Å². The van der Waals surface area contributed by atoms with Crippen molar-refractivity contribution >= 4 is 17.9 Å². The number of nitrogens with zero attached hydrogens (tertiary/aromatic N) is 1. The first kappa shape index (κ1) is 13.5. The minimum Gasteiger partial charge on any atom is -0.437 e. The molecule has 2 aromatic heterocycles. The minimum absolute atomic E-state index is 0.467. The van der Waals surface area contributed by atoms with Gasteiger partial charge < -0.3 is 15.5 Å². The normalized spacial score (nSPS) is 10.5. The Balaban J connectivity index is 2.39. The standard InChI is InChI=1S/C14H17N3OS/c1-4-10-7-16-14(12(15)13(10)19)18-11-6-5-8(2)17-9(11)3/h5-7H,4,15H2,1-3H3,(H,16,19). The van der Waals surface area contributed by atoms with Crippen LogP contribution < -0.4 is 10.5 Å². The average molecular weight is 275 g/mol. The van der Waals surface area contributed by atoms with Gasteiger partial charge in [-0.25, -0.2) is 0 Å². The maximum absolute atomic E-state index is 6.01. The molecule has 0 radical (unpaired) electrons. The summed E-state index contributed by atoms with van der Waals surface area (Å²) in [5, 5.41) is 0. The van der Waals surface area contributed by atoms with Crippen molar-refractivity contribution in [3.63, 3.8) is 0 Å². The summed E-state index contributed by atoms with van der Waals surface area (Å²) < 4.78 is 6.41. The third kappa shape index (κ3) is 2.76. The summed E-state index contributed by atoms with van der Waals surface area (Å²) in [5.74, 6) is 1.14. The summed E-state index contributed by atoms with van der Waals surface area (Å²) in [7, 11) is 0. The molecule has 0 aliphatic rings. The van der Waals surface area contributed by atoms with Gasteiger partial charge >= 0.3 is 0 Å². The van der Waals surface area contributed by atoms with Gasteiger partial charge in [0.15, 0.2) is 5.75 Å². The van der Waals surface area contributed by atoms with Gasteiger partial charge in [0.05, 0.1) is 10.2 Å². The first-order valence-electron chi connectivity index (χ1n) is 6.15. The molecule has 100 valence electrons. The molecule has 0 aromatic carbocycles. The van der Waals surface area contributed by atoms with Gasteiger partial charge in [-0.2, -0.15) is 0 Å². The smallest absolute Gasteiger partial charge is 0.222 e. The van der Waals surface area contributed by atoms with E-state index in [-0.39, 0.29) is 0 Å². The molecule has 2 rings (SSSR count). The monoisotopic (exact) mass is 275 g/mol. The molecule has 0 saturated heterocycles. The Bertz CT molecular complexity index is 664. The number of aryl methyl sites for hydroxylation is 3. The number of ether oxygens (including phenoxy) is 1. The lowest BCUT2D eigenvalue weighted by Crippen LogP contribution is -2.00. The van der Waals surface area contributed by atoms with Gasteiger partial charge in [0, 0.05) is 11.9 Å². The Hall–Kier alpha value is -1.88. The molecule has 0 fully saturated rings. The molecule has 0 unspecified atom stereocenters. The highest BCUT2D eigenvalue weighted by atomic mass is 32.1. The molecule has 0 aliphatic heterocycles. The number of anilines is 1. The Morgan fingerprint density at radius 1 is 1.37 bits per heavy atom. The van der Waals surface area contributed by atoms with E-state index in [2.05, 4.69) is 9.97 Å². The van der Waals surface area contributed by atoms with Crippen LogP contribution >= 0.6 is 12.2 Å². The summed E-state index contributed by atoms with van der Waals surface area (Å²) in [6, 6.07) is 3.77. The number of aromatic amines is 1. The van der Waals surface area contributed by atoms with Crippen LogP contribution in [0.3, 0.4) is 0 Å². The van der Waals surface area contributed by atoms with E-state index in [1.165, 1.54) is 0 Å². The van der Waals surface area contributed by atoms with Gasteiger partial charge in [0.2, 0.25) is 5.88 Å². The minimum atomic E-state index is 0.467. The molecular formula is C14H17N3OS. The predicted octanol–water partition coefficient (Wildman–Crippen LogP) is 3.69. The van der Waals surface area contributed by atoms with Crippen molar-refractivity contribution in [2.75, 3.05) is 5.73 Å². The number of aromatic nitrogens is 2. The highest BCUT2D eigenvalue weighted by Gasteiger charge is 2.09. The van der Waals surface area contributed by atoms with Crippen LogP contribution in [0.2, 0.25) is 0 Å². The van der Waals surface area contributed by atoms with Crippen LogP contribution in [0.4, 0.5) is 5.69 Å². The summed E-state index contributed by atoms with van der Waals surface area (Å²) in [4.78, 5) is 7.40. The summed E-state index contributed by atoms with van der Waals surface area (Å²) >= 11 is 5.31. The van der Waals surface area contributed by atoms with Crippen LogP contribution in [0.15, 0.2) is 18.3 Å². The highest BCUT2D eigenvalue weighted by molar-refractivity contribution is 7.71. The van der Waals surface area contributed by atoms with Crippen molar-refractivity contribution in [1.82, 2.24) is 9.97 Å². The Morgan fingerprint density at radius 2 is 2.11 bits per heavy atom. The van der Waals surface area contributed by atoms with Gasteiger partial charge in [-0.3, -0.25) is 4.98 Å². The van der Waals surface area contributed by atoms with Crippen molar-refractivity contribution in [2.45, 2.75) is 27.2 Å². The van der Waals surface area contributed by atoms with Gasteiger partial charge in [-0.1, -0.05) is 19.1 Å². The molecule has 2 heterocycles. The number of nitrogens with one attached hydrogen (secondary N) is 1. The van der Waals surface area contributed by atoms with E-state index in [0.29, 0.717) is 21.8 Å². The largest absolute Gasteiger partial charge is 0.437 e. The molecule has 5 heteroatoms. The number of hydrogen-bond donors (Lipinski definition) is 2. The van der Waals surface area contributed by atoms with Crippen LogP contribution in [0.1, 0.15) is 23.9 Å². The number of nitrogens with two attached hydrogens (primary N) is 1. The summed E-state index contributed by atoms with van der Waals surface area (Å²) in [6.45, 7) is 5.87. The molecule has 0 aliphatic carbocycles. The van der Waals surface area contributed by atoms with Gasteiger partial charge in [-0.05, 0) is 38.0 Å². The lowest BCUT2D eigenvalue weighted by atomic mass is 10.2. The zero-order valence-corrected chi connectivity index (χ0v) is 12.1. The molecule has 4 nitrogen and oxygen atoms in total. The molecule has 2 aromatic rings. The van der Waals surface area contributed by atoms with E-state index in [1.54, 1.807) is 0 Å². The fraction of sp³-hybridized carbons (Fsp3) is 0.286. The number of hydrogen-bond acceptors (Lipinski definition) is 4. The molecule has 0 bridgehead atoms. The van der Waals surface area contributed by atoms with E-state index in [9.17, 15) is 0 Å². The van der Waals surface area contributed by atoms with Crippen LogP contribution in [0.25, 0.3) is 0 Å². The number of rotatable bonds is 3. The van der Waals surface area contributed by atoms with Crippen molar-refractivity contribution in [2.24, 2.45) is 0 Å². The lowest BCUT2D eigenvalue weighted by Gasteiger charge is -2.11. The van der Waals surface area contributed by atoms with E-state index in [1.807, 2.05) is 39.1 Å². The number of nitrogen functional groups attached to an aromatic ring is 1. The average Bonchev–Trinajstić information content (AvgIpc) is 2.38. The van der Waals surface area contributed by atoms with E-state index < -0.39 is 0 Å². The SMILES string of the molecule is CCc1c[nH]c(Oc2ccc(C)nc2C)c(N)c1=S. The van der Waals surface area contributed by atoms with Crippen molar-refractivity contribution in [3.8, 4) is 11.6 Å². The zero-order chi connectivity index (χ0) is 14.0. The van der Waals surface area contributed by atoms with Crippen LogP contribution in [-0.4, -0.2) is 9.97 Å². The quantitative estimate of drug-likeness (QED) is 0.838. The fourth-order valence-electron chi connectivity index (χ4n) is 1.81. The second-order valence-electron chi connectivity index (χ2n) is 4.38. The van der Waals surface area contributed by atoms with E-state index >= 15 is 0 Å². The second-order valence-corrected chi connectivity index (χ2v) is 4.79. The van der Waals surface area contributed by atoms with Crippen LogP contribution in [0, 0.1) is 18.4 Å². The van der Waals surface area contributed by atoms with E-state index in [4.69, 9.17) is 22.7 Å². The Kier molecular flexibility index (Phi) is 3.85. The first-order chi connectivity index (χ1) is 9.02. The highest BCUT2D eigenvalue weighted by Crippen LogP contribution is 2.28. The van der Waals surface area contributed by atoms with Crippen LogP contribution in [0.5, 0.6) is 11.6 Å². The van der Waals surface area contributed by atoms with Crippen molar-refractivity contribution in [1.29, 1.82) is 0 Å². The lowest BCUT2D eigenvalue weighted by molar-refractivity contribution is 0.458. The molecule has 0 atom stereocenters. The summed E-state index contributed by atoms with van der Waals surface area (Å²) in [5.41, 5.74) is 9.25. The fourth-order valence-corrected chi connectivity index (χ4v) is 2.11. The van der Waals surface area contributed by atoms with Crippen molar-refractivity contribution in [3.05, 3.63) is 39.8 Å². The summed E-state index contributed by atoms with van der Waals surface area (Å²) in [6.07, 6.45) is 2.68. The third-order valence-corrected chi connectivity index (χ3v) is 3.41. The molecular weight excluding hydrogens is 258 g/mol. The second kappa shape index (κ2) is 5.40. The topological polar surface area (TPSA) is 63.9 Å². The Morgan fingerprint density at radius 3 is 2.74 bits per heavy atom. The predicted molar refractivity (Wildman–Crippen MR) is 79.2 cm³/mol. The third-order valence-electron chi connectivity index (χ3n) is 2.93.